The first-order valence-corrected chi connectivity index (χ1v) is 13.6. The van der Waals surface area contributed by atoms with Gasteiger partial charge in [0, 0.05) is 6.42 Å². The van der Waals surface area contributed by atoms with E-state index in [1.165, 1.54) is 25.7 Å². The number of unbranched alkanes of at least 4 members (excludes halogenated alkanes) is 11. The zero-order valence-electron chi connectivity index (χ0n) is 23.2. The Hall–Kier alpha value is -1.84. The molecule has 0 atom stereocenters. The second-order valence-corrected chi connectivity index (χ2v) is 10.1. The topological polar surface area (TPSA) is 26.3 Å². The Bertz CT molecular complexity index is 852. The van der Waals surface area contributed by atoms with E-state index in [4.69, 9.17) is 0 Å². The predicted molar refractivity (Wildman–Crippen MR) is 126 cm³/mol. The normalized spacial score (nSPS) is 14.5. The van der Waals surface area contributed by atoms with Crippen LogP contribution < -0.4 is 0 Å². The highest BCUT2D eigenvalue weighted by Gasteiger charge is 2.93. The van der Waals surface area contributed by atoms with E-state index in [9.17, 15) is 70.7 Å². The van der Waals surface area contributed by atoms with Crippen molar-refractivity contribution in [2.75, 3.05) is 6.61 Å². The Morgan fingerprint density at radius 1 is 0.512 bits per heavy atom. The number of rotatable bonds is 22. The van der Waals surface area contributed by atoms with E-state index in [1.807, 2.05) is 6.08 Å². The van der Waals surface area contributed by atoms with Gasteiger partial charge < -0.3 is 4.74 Å². The summed E-state index contributed by atoms with van der Waals surface area (Å²) in [5, 5.41) is 0. The first-order chi connectivity index (χ1) is 19.5. The SMILES string of the molecule is CCCCCCCCC=CCCCCCCCC(=O)OCC(F)(F)C(F)(F)C(F)(F)C(F)(F)C(F)(F)C(F)(F)C(F)(F)F. The van der Waals surface area contributed by atoms with Crippen molar-refractivity contribution >= 4 is 5.97 Å². The van der Waals surface area contributed by atoms with Crippen molar-refractivity contribution in [2.45, 2.75) is 139 Å². The quantitative estimate of drug-likeness (QED) is 0.0498. The molecule has 0 rings (SSSR count). The second-order valence-electron chi connectivity index (χ2n) is 10.1. The predicted octanol–water partition coefficient (Wildman–Crippen LogP) is 10.9. The van der Waals surface area contributed by atoms with Crippen LogP contribution in [-0.2, 0) is 9.53 Å². The number of ether oxygens (including phenoxy) is 1. The molecule has 0 spiro atoms. The van der Waals surface area contributed by atoms with Crippen LogP contribution in [0, 0.1) is 0 Å². The van der Waals surface area contributed by atoms with Crippen LogP contribution in [0.5, 0.6) is 0 Å². The lowest BCUT2D eigenvalue weighted by Crippen LogP contribution is -2.73. The number of carbonyl (C=O) groups is 1. The molecule has 0 amide bonds. The van der Waals surface area contributed by atoms with Gasteiger partial charge in [0.2, 0.25) is 0 Å². The Morgan fingerprint density at radius 2 is 0.884 bits per heavy atom. The molecule has 0 bridgehead atoms. The largest absolute Gasteiger partial charge is 0.460 e. The van der Waals surface area contributed by atoms with Gasteiger partial charge in [0.05, 0.1) is 0 Å². The van der Waals surface area contributed by atoms with E-state index in [-0.39, 0.29) is 6.42 Å². The zero-order valence-corrected chi connectivity index (χ0v) is 23.2. The summed E-state index contributed by atoms with van der Waals surface area (Å²) in [6.07, 6.45) is 6.77. The number of hydrogen-bond acceptors (Lipinski definition) is 2. The van der Waals surface area contributed by atoms with Crippen LogP contribution >= 0.6 is 0 Å². The summed E-state index contributed by atoms with van der Waals surface area (Å²) in [6, 6.07) is 0. The summed E-state index contributed by atoms with van der Waals surface area (Å²) in [7, 11) is 0. The van der Waals surface area contributed by atoms with Crippen LogP contribution in [0.4, 0.5) is 65.9 Å². The molecule has 0 heterocycles. The van der Waals surface area contributed by atoms with Gasteiger partial charge in [-0.1, -0.05) is 70.4 Å². The minimum Gasteiger partial charge on any atom is -0.459 e. The first kappa shape index (κ1) is 41.2. The maximum atomic E-state index is 13.7. The first-order valence-electron chi connectivity index (χ1n) is 13.6. The summed E-state index contributed by atoms with van der Waals surface area (Å²) >= 11 is 0. The molecule has 0 fully saturated rings. The van der Waals surface area contributed by atoms with Gasteiger partial charge >= 0.3 is 47.7 Å². The molecule has 0 aromatic carbocycles. The van der Waals surface area contributed by atoms with E-state index >= 15 is 0 Å². The van der Waals surface area contributed by atoms with E-state index in [0.29, 0.717) is 19.3 Å². The molecular formula is C26H35F15O2. The standard InChI is InChI=1S/C26H35F15O2/c1-2-3-4-5-6-7-8-9-10-11-12-13-14-15-16-17-19(42)43-18-20(27,28)21(29,30)22(31,32)23(33,34)24(35,36)25(37,38)26(39,40)41/h9-10H,2-8,11-18H2,1H3. The molecule has 0 saturated heterocycles. The minimum absolute atomic E-state index is 0.0539. The third kappa shape index (κ3) is 10.4. The molecule has 0 aromatic heterocycles. The maximum absolute atomic E-state index is 13.7. The zero-order chi connectivity index (χ0) is 33.8. The molecule has 0 N–H and O–H groups in total. The van der Waals surface area contributed by atoms with E-state index < -0.39 is 60.7 Å². The van der Waals surface area contributed by atoms with Crippen molar-refractivity contribution in [1.82, 2.24) is 0 Å². The lowest BCUT2D eigenvalue weighted by Gasteiger charge is -2.41. The second kappa shape index (κ2) is 16.5. The molecule has 0 saturated carbocycles. The number of alkyl halides is 15. The number of hydrogen-bond donors (Lipinski definition) is 0. The van der Waals surface area contributed by atoms with Gasteiger partial charge in [-0.05, 0) is 32.1 Å². The number of esters is 1. The smallest absolute Gasteiger partial charge is 0.459 e. The highest BCUT2D eigenvalue weighted by atomic mass is 19.4. The monoisotopic (exact) mass is 664 g/mol. The summed E-state index contributed by atoms with van der Waals surface area (Å²) < 4.78 is 201. The number of halogens is 15. The molecule has 256 valence electrons. The lowest BCUT2D eigenvalue weighted by atomic mass is 9.91. The van der Waals surface area contributed by atoms with Crippen LogP contribution in [0.2, 0.25) is 0 Å². The molecule has 0 aromatic rings. The van der Waals surface area contributed by atoms with Gasteiger partial charge in [-0.15, -0.1) is 0 Å². The number of carbonyl (C=O) groups excluding carboxylic acids is 1. The van der Waals surface area contributed by atoms with Gasteiger partial charge in [-0.2, -0.15) is 65.9 Å². The Balaban J connectivity index is 4.74. The van der Waals surface area contributed by atoms with Crippen molar-refractivity contribution in [3.05, 3.63) is 12.2 Å². The molecule has 0 aliphatic rings. The van der Waals surface area contributed by atoms with Gasteiger partial charge in [-0.25, -0.2) is 0 Å². The third-order valence-corrected chi connectivity index (χ3v) is 6.45. The lowest BCUT2D eigenvalue weighted by molar-refractivity contribution is -0.453. The molecule has 2 nitrogen and oxygen atoms in total. The van der Waals surface area contributed by atoms with E-state index in [2.05, 4.69) is 17.7 Å². The number of allylic oxidation sites excluding steroid dienone is 2. The maximum Gasteiger partial charge on any atom is 0.460 e. The van der Waals surface area contributed by atoms with Crippen LogP contribution in [0.1, 0.15) is 96.8 Å². The summed E-state index contributed by atoms with van der Waals surface area (Å²) in [5.74, 6) is -48.9. The molecule has 0 aliphatic carbocycles. The van der Waals surface area contributed by atoms with Crippen LogP contribution in [0.25, 0.3) is 0 Å². The summed E-state index contributed by atoms with van der Waals surface area (Å²) in [5.41, 5.74) is 0. The van der Waals surface area contributed by atoms with Crippen molar-refractivity contribution in [2.24, 2.45) is 0 Å². The average molecular weight is 665 g/mol. The highest BCUT2D eigenvalue weighted by molar-refractivity contribution is 5.69. The van der Waals surface area contributed by atoms with Crippen LogP contribution in [0.15, 0.2) is 12.2 Å². The van der Waals surface area contributed by atoms with E-state index in [0.717, 1.165) is 32.1 Å². The molecule has 0 unspecified atom stereocenters. The van der Waals surface area contributed by atoms with Gasteiger partial charge in [0.1, 0.15) is 0 Å². The molecular weight excluding hydrogens is 629 g/mol. The highest BCUT2D eigenvalue weighted by Crippen LogP contribution is 2.62. The fourth-order valence-electron chi connectivity index (χ4n) is 3.67. The Labute approximate surface area is 239 Å². The van der Waals surface area contributed by atoms with Gasteiger partial charge in [0.25, 0.3) is 0 Å². The molecule has 0 radical (unpaired) electrons. The van der Waals surface area contributed by atoms with Crippen molar-refractivity contribution in [3.63, 3.8) is 0 Å². The van der Waals surface area contributed by atoms with Gasteiger partial charge in [0.15, 0.2) is 6.61 Å². The van der Waals surface area contributed by atoms with Crippen molar-refractivity contribution in [1.29, 1.82) is 0 Å². The Morgan fingerprint density at radius 3 is 1.33 bits per heavy atom. The van der Waals surface area contributed by atoms with Gasteiger partial charge in [-0.3, -0.25) is 4.79 Å². The van der Waals surface area contributed by atoms with Crippen molar-refractivity contribution in [3.8, 4) is 0 Å². The minimum atomic E-state index is -8.36. The fourth-order valence-corrected chi connectivity index (χ4v) is 3.67. The van der Waals surface area contributed by atoms with Crippen molar-refractivity contribution < 1.29 is 75.4 Å². The third-order valence-electron chi connectivity index (χ3n) is 6.45. The van der Waals surface area contributed by atoms with Crippen LogP contribution in [0.3, 0.4) is 0 Å². The average Bonchev–Trinajstić information content (AvgIpc) is 2.88. The summed E-state index contributed by atoms with van der Waals surface area (Å²) in [4.78, 5) is 11.5. The molecule has 17 heteroatoms. The molecule has 0 aliphatic heterocycles. The molecule has 43 heavy (non-hydrogen) atoms. The van der Waals surface area contributed by atoms with E-state index in [1.54, 1.807) is 0 Å². The van der Waals surface area contributed by atoms with Crippen LogP contribution in [-0.4, -0.2) is 54.3 Å². The summed E-state index contributed by atoms with van der Waals surface area (Å²) in [6.45, 7) is -0.955. The Kier molecular flexibility index (Phi) is 15.8. The fraction of sp³-hybridized carbons (Fsp3) is 0.885.